The van der Waals surface area contributed by atoms with E-state index in [4.69, 9.17) is 0 Å². The highest BCUT2D eigenvalue weighted by Gasteiger charge is 2.74. The number of amides is 3. The van der Waals surface area contributed by atoms with Crippen molar-refractivity contribution in [2.24, 2.45) is 17.8 Å². The molecule has 0 aromatic heterocycles. The van der Waals surface area contributed by atoms with E-state index in [0.717, 1.165) is 23.2 Å². The number of hydrogen-bond donors (Lipinski definition) is 3. The number of benzene rings is 1. The van der Waals surface area contributed by atoms with Gasteiger partial charge in [-0.3, -0.25) is 14.4 Å². The molecule has 3 fully saturated rings. The van der Waals surface area contributed by atoms with Crippen molar-refractivity contribution in [3.05, 3.63) is 29.3 Å². The number of anilines is 1. The van der Waals surface area contributed by atoms with Gasteiger partial charge in [-0.25, -0.2) is 0 Å². The maximum absolute atomic E-state index is 14.0. The molecule has 3 heterocycles. The molecule has 0 radical (unpaired) electrons. The first-order chi connectivity index (χ1) is 15.7. The maximum Gasteiger partial charge on any atom is 0.248 e. The first-order valence-corrected chi connectivity index (χ1v) is 12.7. The molecule has 1 aromatic rings. The summed E-state index contributed by atoms with van der Waals surface area (Å²) in [6.07, 6.45) is 2.12. The molecule has 8 heteroatoms. The average molecular weight is 474 g/mol. The van der Waals surface area contributed by atoms with Crippen LogP contribution in [0.15, 0.2) is 18.2 Å². The number of aliphatic hydroxyl groups excluding tert-OH is 1. The monoisotopic (exact) mass is 473 g/mol. The second kappa shape index (κ2) is 8.95. The van der Waals surface area contributed by atoms with Crippen molar-refractivity contribution in [2.45, 2.75) is 69.0 Å². The van der Waals surface area contributed by atoms with Crippen molar-refractivity contribution in [2.75, 3.05) is 19.0 Å². The molecule has 0 aliphatic carbocycles. The van der Waals surface area contributed by atoms with Crippen molar-refractivity contribution in [1.29, 1.82) is 0 Å². The summed E-state index contributed by atoms with van der Waals surface area (Å²) in [6, 6.07) is 4.67. The predicted molar refractivity (Wildman–Crippen MR) is 130 cm³/mol. The third kappa shape index (κ3) is 3.75. The third-order valence-electron chi connectivity index (χ3n) is 7.61. The molecule has 2 bridgehead atoms. The van der Waals surface area contributed by atoms with E-state index in [1.54, 1.807) is 23.7 Å². The van der Waals surface area contributed by atoms with Crippen LogP contribution in [0.2, 0.25) is 0 Å². The number of carbonyl (C=O) groups is 3. The summed E-state index contributed by atoms with van der Waals surface area (Å²) in [5, 5.41) is 16.2. The highest BCUT2D eigenvalue weighted by molar-refractivity contribution is 8.02. The second-order valence-electron chi connectivity index (χ2n) is 10.1. The smallest absolute Gasteiger partial charge is 0.248 e. The summed E-state index contributed by atoms with van der Waals surface area (Å²) in [5.41, 5.74) is 2.68. The number of thioether (sulfide) groups is 1. The summed E-state index contributed by atoms with van der Waals surface area (Å²) in [5.74, 6) is -1.27. The van der Waals surface area contributed by atoms with Crippen molar-refractivity contribution in [1.82, 2.24) is 10.2 Å². The largest absolute Gasteiger partial charge is 0.394 e. The number of rotatable bonds is 7. The van der Waals surface area contributed by atoms with Gasteiger partial charge < -0.3 is 20.6 Å². The van der Waals surface area contributed by atoms with E-state index >= 15 is 0 Å². The van der Waals surface area contributed by atoms with Gasteiger partial charge in [-0.15, -0.1) is 11.8 Å². The Morgan fingerprint density at radius 1 is 1.24 bits per heavy atom. The molecule has 0 saturated carbocycles. The van der Waals surface area contributed by atoms with Crippen LogP contribution in [0.3, 0.4) is 0 Å². The van der Waals surface area contributed by atoms with Crippen LogP contribution in [-0.2, 0) is 14.4 Å². The van der Waals surface area contributed by atoms with Gasteiger partial charge in [-0.2, -0.15) is 0 Å². The van der Waals surface area contributed by atoms with Gasteiger partial charge in [0, 0.05) is 18.0 Å². The Hall–Kier alpha value is -2.06. The number of aryl methyl sites for hydroxylation is 2. The van der Waals surface area contributed by atoms with Crippen LogP contribution in [0.4, 0.5) is 5.69 Å². The van der Waals surface area contributed by atoms with Crippen molar-refractivity contribution in [3.8, 4) is 0 Å². The molecule has 1 spiro atoms. The molecule has 3 amide bonds. The van der Waals surface area contributed by atoms with Crippen LogP contribution in [0.1, 0.15) is 44.2 Å². The lowest BCUT2D eigenvalue weighted by Crippen LogP contribution is -2.55. The van der Waals surface area contributed by atoms with Gasteiger partial charge in [0.15, 0.2) is 0 Å². The molecule has 2 unspecified atom stereocenters. The van der Waals surface area contributed by atoms with Crippen LogP contribution >= 0.6 is 11.8 Å². The van der Waals surface area contributed by atoms with Gasteiger partial charge in [-0.05, 0) is 50.2 Å². The molecule has 3 aliphatic heterocycles. The van der Waals surface area contributed by atoms with Gasteiger partial charge in [0.1, 0.15) is 6.04 Å². The lowest BCUT2D eigenvalue weighted by Gasteiger charge is -2.37. The molecule has 3 saturated heterocycles. The van der Waals surface area contributed by atoms with Gasteiger partial charge in [0.05, 0.1) is 29.2 Å². The van der Waals surface area contributed by atoms with Crippen molar-refractivity contribution >= 4 is 35.2 Å². The summed E-state index contributed by atoms with van der Waals surface area (Å²) in [4.78, 5) is 42.3. The Kier molecular flexibility index (Phi) is 6.53. The molecule has 3 aliphatic rings. The quantitative estimate of drug-likeness (QED) is 0.565. The van der Waals surface area contributed by atoms with Crippen LogP contribution in [0, 0.1) is 31.6 Å². The Labute approximate surface area is 200 Å². The van der Waals surface area contributed by atoms with Gasteiger partial charge in [-0.1, -0.05) is 32.0 Å². The molecule has 3 N–H and O–H groups in total. The van der Waals surface area contributed by atoms with Crippen LogP contribution in [0.25, 0.3) is 0 Å². The Morgan fingerprint density at radius 2 is 1.91 bits per heavy atom. The number of fused-ring (bicyclic) bond motifs is 1. The minimum atomic E-state index is -0.727. The summed E-state index contributed by atoms with van der Waals surface area (Å²) < 4.78 is -0.649. The Bertz CT molecular complexity index is 947. The summed E-state index contributed by atoms with van der Waals surface area (Å²) in [6.45, 7) is 7.78. The predicted octanol–water partition coefficient (Wildman–Crippen LogP) is 2.49. The lowest BCUT2D eigenvalue weighted by atomic mass is 9.70. The summed E-state index contributed by atoms with van der Waals surface area (Å²) >= 11 is 1.65. The SMILES string of the molecule is CNC(=O)[C@@H]1[C@@H]2CCC3(S2)C(C(=O)Nc2c(C)cccc2C)N([C@@H](CO)CC(C)C)C(=O)[C@H]13. The molecule has 6 atom stereocenters. The molecule has 7 nitrogen and oxygen atoms in total. The number of nitrogens with one attached hydrogen (secondary N) is 2. The first kappa shape index (κ1) is 24.1. The molecule has 33 heavy (non-hydrogen) atoms. The van der Waals surface area contributed by atoms with E-state index in [-0.39, 0.29) is 35.5 Å². The molecule has 4 rings (SSSR count). The van der Waals surface area contributed by atoms with E-state index in [9.17, 15) is 19.5 Å². The zero-order valence-corrected chi connectivity index (χ0v) is 20.9. The van der Waals surface area contributed by atoms with Crippen molar-refractivity contribution in [3.63, 3.8) is 0 Å². The van der Waals surface area contributed by atoms with E-state index in [1.165, 1.54) is 0 Å². The van der Waals surface area contributed by atoms with Crippen LogP contribution in [0.5, 0.6) is 0 Å². The van der Waals surface area contributed by atoms with E-state index in [0.29, 0.717) is 12.8 Å². The average Bonchev–Trinajstić information content (AvgIpc) is 3.41. The first-order valence-electron chi connectivity index (χ1n) is 11.9. The zero-order valence-electron chi connectivity index (χ0n) is 20.1. The standard InChI is InChI=1S/C25H35N3O4S/c1-13(2)11-16(12-29)28-21(23(31)27-20-14(3)7-6-8-15(20)4)25-10-9-17(33-25)18(22(30)26-5)19(25)24(28)32/h6-8,13,16-19,21,29H,9-12H2,1-5H3,(H,26,30)(H,27,31)/t16-,17+,18-,19+,21?,25?/m1/s1. The van der Waals surface area contributed by atoms with Crippen LogP contribution < -0.4 is 10.6 Å². The number of para-hydroxylation sites is 1. The number of likely N-dealkylation sites (tertiary alicyclic amines) is 1. The highest BCUT2D eigenvalue weighted by Crippen LogP contribution is 2.66. The second-order valence-corrected chi connectivity index (χ2v) is 11.7. The third-order valence-corrected chi connectivity index (χ3v) is 9.56. The molecule has 180 valence electrons. The molecular formula is C25H35N3O4S. The normalized spacial score (nSPS) is 31.1. The summed E-state index contributed by atoms with van der Waals surface area (Å²) in [7, 11) is 1.60. The minimum absolute atomic E-state index is 0.0363. The van der Waals surface area contributed by atoms with Gasteiger partial charge in [0.2, 0.25) is 17.7 Å². The molecule has 1 aromatic carbocycles. The molecular weight excluding hydrogens is 438 g/mol. The number of carbonyl (C=O) groups excluding carboxylic acids is 3. The van der Waals surface area contributed by atoms with Gasteiger partial charge in [0.25, 0.3) is 0 Å². The number of aliphatic hydroxyl groups is 1. The highest BCUT2D eigenvalue weighted by atomic mass is 32.2. The lowest BCUT2D eigenvalue weighted by molar-refractivity contribution is -0.142. The van der Waals surface area contributed by atoms with E-state index in [2.05, 4.69) is 10.6 Å². The van der Waals surface area contributed by atoms with Crippen LogP contribution in [-0.4, -0.2) is 63.5 Å². The van der Waals surface area contributed by atoms with E-state index in [1.807, 2.05) is 45.9 Å². The number of hydrogen-bond acceptors (Lipinski definition) is 5. The Morgan fingerprint density at radius 3 is 2.48 bits per heavy atom. The topological polar surface area (TPSA) is 98.7 Å². The number of nitrogens with zero attached hydrogens (tertiary/aromatic N) is 1. The minimum Gasteiger partial charge on any atom is -0.394 e. The zero-order chi connectivity index (χ0) is 24.1. The Balaban J connectivity index is 1.78. The maximum atomic E-state index is 14.0. The van der Waals surface area contributed by atoms with E-state index < -0.39 is 28.7 Å². The van der Waals surface area contributed by atoms with Gasteiger partial charge >= 0.3 is 0 Å². The van der Waals surface area contributed by atoms with Crippen molar-refractivity contribution < 1.29 is 19.5 Å². The fourth-order valence-corrected chi connectivity index (χ4v) is 8.48. The fraction of sp³-hybridized carbons (Fsp3) is 0.640. The fourth-order valence-electron chi connectivity index (χ4n) is 6.27.